The maximum atomic E-state index is 10.5. The van der Waals surface area contributed by atoms with Crippen LogP contribution in [0.5, 0.6) is 0 Å². The van der Waals surface area contributed by atoms with Crippen LogP contribution in [-0.2, 0) is 19.2 Å². The van der Waals surface area contributed by atoms with E-state index in [1.165, 1.54) is 25.2 Å². The fourth-order valence-electron chi connectivity index (χ4n) is 0.514. The van der Waals surface area contributed by atoms with E-state index in [9.17, 15) is 14.4 Å². The van der Waals surface area contributed by atoms with E-state index in [2.05, 4.69) is 10.6 Å². The minimum atomic E-state index is -1.18. The molecule has 0 radical (unpaired) electrons. The summed E-state index contributed by atoms with van der Waals surface area (Å²) in [7, 11) is 3.04. The van der Waals surface area contributed by atoms with Crippen molar-refractivity contribution in [1.29, 1.82) is 0 Å². The first-order chi connectivity index (χ1) is 7.79. The van der Waals surface area contributed by atoms with Crippen LogP contribution in [0, 0.1) is 0 Å². The van der Waals surface area contributed by atoms with E-state index in [1.807, 2.05) is 0 Å². The van der Waals surface area contributed by atoms with Crippen LogP contribution >= 0.6 is 0 Å². The lowest BCUT2D eigenvalue weighted by Gasteiger charge is -2.06. The molecule has 5 N–H and O–H groups in total. The van der Waals surface area contributed by atoms with Gasteiger partial charge in [0.05, 0.1) is 0 Å². The highest BCUT2D eigenvalue weighted by Gasteiger charge is 1.98. The zero-order chi connectivity index (χ0) is 13.8. The Hall–Kier alpha value is -2.19. The summed E-state index contributed by atoms with van der Waals surface area (Å²) in [5.41, 5.74) is 4.68. The molecule has 0 aliphatic heterocycles. The quantitative estimate of drug-likeness (QED) is 0.485. The number of hydrogen-bond donors (Lipinski definition) is 2. The van der Waals surface area contributed by atoms with Gasteiger partial charge in [-0.05, 0) is 13.0 Å². The van der Waals surface area contributed by atoms with E-state index in [1.54, 1.807) is 13.0 Å². The van der Waals surface area contributed by atoms with E-state index in [4.69, 9.17) is 5.11 Å². The van der Waals surface area contributed by atoms with Gasteiger partial charge in [-0.15, -0.1) is 5.06 Å². The predicted molar refractivity (Wildman–Crippen MR) is 64.2 cm³/mol. The van der Waals surface area contributed by atoms with E-state index in [-0.39, 0.29) is 5.48 Å². The molecule has 0 rings (SSSR count). The van der Waals surface area contributed by atoms with Crippen molar-refractivity contribution in [3.63, 3.8) is 0 Å². The van der Waals surface area contributed by atoms with Gasteiger partial charge in [0.25, 0.3) is 0 Å². The smallest absolute Gasteiger partial charge is 0.349 e. The maximum Gasteiger partial charge on any atom is 0.349 e. The lowest BCUT2D eigenvalue weighted by atomic mass is 10.5. The number of hydroxylamine groups is 2. The molecule has 0 spiro atoms. The molecule has 0 aromatic heterocycles. The summed E-state index contributed by atoms with van der Waals surface area (Å²) in [6, 6.07) is 0. The average Bonchev–Trinajstić information content (AvgIpc) is 2.14. The third-order valence-electron chi connectivity index (χ3n) is 0.965. The van der Waals surface area contributed by atoms with Gasteiger partial charge in [-0.2, -0.15) is 0 Å². The van der Waals surface area contributed by atoms with E-state index >= 15 is 0 Å². The van der Waals surface area contributed by atoms with Gasteiger partial charge in [-0.3, -0.25) is 4.79 Å². The van der Waals surface area contributed by atoms with Crippen molar-refractivity contribution in [2.45, 2.75) is 6.92 Å². The van der Waals surface area contributed by atoms with Crippen molar-refractivity contribution in [1.82, 2.24) is 5.06 Å². The van der Waals surface area contributed by atoms with E-state index in [0.717, 1.165) is 6.08 Å². The zero-order valence-corrected chi connectivity index (χ0v) is 10.4. The molecule has 0 aliphatic rings. The number of carbonyl (C=O) groups is 3. The number of carbonyl (C=O) groups excluding carboxylic acids is 2. The molecule has 0 bridgehead atoms. The largest absolute Gasteiger partial charge is 0.478 e. The van der Waals surface area contributed by atoms with Gasteiger partial charge in [-0.25, -0.2) is 9.59 Å². The number of carboxylic acid groups (broad SMARTS) is 1. The molecule has 0 fully saturated rings. The molecule has 0 heterocycles. The summed E-state index contributed by atoms with van der Waals surface area (Å²) >= 11 is 0. The minimum absolute atomic E-state index is 0. The number of hydrogen-bond acceptors (Lipinski definition) is 5. The fraction of sp³-hybridized carbons (Fsp3) is 0.300. The van der Waals surface area contributed by atoms with Crippen molar-refractivity contribution in [3.8, 4) is 0 Å². The molecule has 0 aromatic carbocycles. The first kappa shape index (κ1) is 21.1. The third kappa shape index (κ3) is 23.5. The number of nitrogens with zero attached hydrogens (tertiary/aromatic N) is 1. The molecule has 0 unspecified atom stereocenters. The van der Waals surface area contributed by atoms with Crippen LogP contribution in [0.15, 0.2) is 24.3 Å². The molecule has 8 heteroatoms. The average molecular weight is 262 g/mol. The Bertz CT molecular complexity index is 322. The molecular weight excluding hydrogens is 244 g/mol. The van der Waals surface area contributed by atoms with Gasteiger partial charge in [0.2, 0.25) is 5.91 Å². The Morgan fingerprint density at radius 3 is 1.89 bits per heavy atom. The van der Waals surface area contributed by atoms with Crippen molar-refractivity contribution >= 4 is 17.8 Å². The van der Waals surface area contributed by atoms with Crippen molar-refractivity contribution < 1.29 is 29.8 Å². The maximum absolute atomic E-state index is 10.5. The molecule has 104 valence electrons. The minimum Gasteiger partial charge on any atom is -0.478 e. The summed E-state index contributed by atoms with van der Waals surface area (Å²) < 4.78 is 0. The van der Waals surface area contributed by atoms with Crippen LogP contribution in [0.4, 0.5) is 0 Å². The number of aliphatic carboxylic acids is 1. The Labute approximate surface area is 105 Å². The highest BCUT2D eigenvalue weighted by Crippen LogP contribution is 1.83. The lowest BCUT2D eigenvalue weighted by Crippen LogP contribution is -2.16. The van der Waals surface area contributed by atoms with Crippen LogP contribution in [0.3, 0.4) is 0 Å². The molecule has 0 atom stereocenters. The van der Waals surface area contributed by atoms with Gasteiger partial charge in [0.1, 0.15) is 0 Å². The number of rotatable bonds is 4. The van der Waals surface area contributed by atoms with Crippen molar-refractivity contribution in [2.75, 3.05) is 14.1 Å². The van der Waals surface area contributed by atoms with Gasteiger partial charge >= 0.3 is 11.9 Å². The zero-order valence-electron chi connectivity index (χ0n) is 10.4. The van der Waals surface area contributed by atoms with Crippen molar-refractivity contribution in [3.05, 3.63) is 24.3 Å². The number of nitrogens with two attached hydrogens (primary N) is 1. The molecule has 0 saturated heterocycles. The number of allylic oxidation sites excluding steroid dienone is 1. The molecular formula is C10H18N2O6. The van der Waals surface area contributed by atoms with E-state index in [0.29, 0.717) is 6.08 Å². The van der Waals surface area contributed by atoms with Crippen LogP contribution in [-0.4, -0.2) is 47.6 Å². The summed E-state index contributed by atoms with van der Waals surface area (Å²) in [6.45, 7) is 1.74. The molecule has 18 heavy (non-hydrogen) atoms. The SMILES string of the molecule is CC=CC(N)=O.CN(C)OC(=O)/C=C\C(=O)O.O. The predicted octanol–water partition coefficient (Wildman–Crippen LogP) is -1.13. The first-order valence-electron chi connectivity index (χ1n) is 4.52. The van der Waals surface area contributed by atoms with Gasteiger partial charge < -0.3 is 21.2 Å². The Morgan fingerprint density at radius 1 is 1.17 bits per heavy atom. The second-order valence-corrected chi connectivity index (χ2v) is 2.80. The van der Waals surface area contributed by atoms with Gasteiger partial charge in [0, 0.05) is 26.2 Å². The normalized spacial score (nSPS) is 9.56. The Morgan fingerprint density at radius 2 is 1.67 bits per heavy atom. The van der Waals surface area contributed by atoms with Gasteiger partial charge in [-0.1, -0.05) is 6.08 Å². The molecule has 0 aliphatic carbocycles. The van der Waals surface area contributed by atoms with Crippen LogP contribution < -0.4 is 5.73 Å². The number of amides is 1. The molecule has 1 amide bonds. The molecule has 0 saturated carbocycles. The Balaban J connectivity index is -0.000000277. The lowest BCUT2D eigenvalue weighted by molar-refractivity contribution is -0.171. The van der Waals surface area contributed by atoms with E-state index < -0.39 is 17.8 Å². The van der Waals surface area contributed by atoms with Crippen LogP contribution in [0.25, 0.3) is 0 Å². The monoisotopic (exact) mass is 262 g/mol. The fourth-order valence-corrected chi connectivity index (χ4v) is 0.514. The Kier molecular flexibility index (Phi) is 15.1. The number of carboxylic acids is 1. The highest BCUT2D eigenvalue weighted by atomic mass is 16.7. The topological polar surface area (TPSA) is 141 Å². The molecule has 0 aromatic rings. The van der Waals surface area contributed by atoms with Crippen LogP contribution in [0.1, 0.15) is 6.92 Å². The summed E-state index contributed by atoms with van der Waals surface area (Å²) in [6.07, 6.45) is 4.45. The second-order valence-electron chi connectivity index (χ2n) is 2.80. The summed E-state index contributed by atoms with van der Waals surface area (Å²) in [5.74, 6) is -2.28. The summed E-state index contributed by atoms with van der Waals surface area (Å²) in [4.78, 5) is 34.6. The van der Waals surface area contributed by atoms with Crippen LogP contribution in [0.2, 0.25) is 0 Å². The standard InChI is InChI=1S/C6H9NO4.C4H7NO.H2O/c1-7(2)11-6(10)4-3-5(8)9;1-2-3-4(5)6;/h3-4H,1-2H3,(H,8,9);2-3H,1H3,(H2,5,6);1H2/b4-3-;;. The van der Waals surface area contributed by atoms with Gasteiger partial charge in [0.15, 0.2) is 0 Å². The second kappa shape index (κ2) is 12.9. The number of primary amides is 1. The first-order valence-corrected chi connectivity index (χ1v) is 4.52. The summed E-state index contributed by atoms with van der Waals surface area (Å²) in [5, 5.41) is 9.26. The molecule has 8 nitrogen and oxygen atoms in total. The third-order valence-corrected chi connectivity index (χ3v) is 0.965. The van der Waals surface area contributed by atoms with Crippen molar-refractivity contribution in [2.24, 2.45) is 5.73 Å². The highest BCUT2D eigenvalue weighted by molar-refractivity contribution is 5.90.